The lowest BCUT2D eigenvalue weighted by atomic mass is 10.1. The van der Waals surface area contributed by atoms with Crippen LogP contribution in [0.5, 0.6) is 0 Å². The fourth-order valence-electron chi connectivity index (χ4n) is 1.53. The molecule has 0 saturated carbocycles. The third-order valence-corrected chi connectivity index (χ3v) is 3.07. The molecule has 0 bridgehead atoms. The zero-order chi connectivity index (χ0) is 15.2. The highest BCUT2D eigenvalue weighted by Gasteiger charge is 2.06. The van der Waals surface area contributed by atoms with Gasteiger partial charge in [0.1, 0.15) is 5.76 Å². The van der Waals surface area contributed by atoms with Crippen LogP contribution in [-0.4, -0.2) is 17.0 Å². The van der Waals surface area contributed by atoms with Crippen molar-refractivity contribution in [2.45, 2.75) is 6.42 Å². The molecule has 21 heavy (non-hydrogen) atoms. The number of halogens is 1. The smallest absolute Gasteiger partial charge is 0.269 e. The van der Waals surface area contributed by atoms with Crippen molar-refractivity contribution in [1.29, 1.82) is 0 Å². The second-order valence-electron chi connectivity index (χ2n) is 4.04. The predicted octanol–water partition coefficient (Wildman–Crippen LogP) is 2.49. The largest absolute Gasteiger partial charge is 0.449 e. The van der Waals surface area contributed by atoms with E-state index in [1.807, 2.05) is 22.6 Å². The Kier molecular flexibility index (Phi) is 5.04. The Morgan fingerprint density at radius 3 is 2.62 bits per heavy atom. The Morgan fingerprint density at radius 1 is 1.33 bits per heavy atom. The van der Waals surface area contributed by atoms with E-state index in [2.05, 4.69) is 10.5 Å². The van der Waals surface area contributed by atoms with Crippen LogP contribution in [0, 0.1) is 13.9 Å². The molecule has 0 saturated heterocycles. The summed E-state index contributed by atoms with van der Waals surface area (Å²) in [6, 6.07) is 9.30. The normalized spacial score (nSPS) is 10.7. The number of rotatable bonds is 5. The summed E-state index contributed by atoms with van der Waals surface area (Å²) in [5.41, 5.74) is 3.02. The van der Waals surface area contributed by atoms with Crippen molar-refractivity contribution in [2.24, 2.45) is 5.10 Å². The predicted molar refractivity (Wildman–Crippen MR) is 84.0 cm³/mol. The van der Waals surface area contributed by atoms with Crippen LogP contribution in [0.25, 0.3) is 0 Å². The maximum Gasteiger partial charge on any atom is 0.269 e. The zero-order valence-corrected chi connectivity index (χ0v) is 12.8. The number of nitrogens with one attached hydrogen (secondary N) is 1. The molecule has 0 spiro atoms. The summed E-state index contributed by atoms with van der Waals surface area (Å²) in [4.78, 5) is 21.7. The van der Waals surface area contributed by atoms with Gasteiger partial charge in [0.15, 0.2) is 3.77 Å². The number of hydrogen-bond donors (Lipinski definition) is 1. The first-order valence-corrected chi connectivity index (χ1v) is 6.93. The zero-order valence-electron chi connectivity index (χ0n) is 10.7. The summed E-state index contributed by atoms with van der Waals surface area (Å²) in [6.07, 6.45) is 1.49. The van der Waals surface area contributed by atoms with E-state index < -0.39 is 4.92 Å². The monoisotopic (exact) mass is 399 g/mol. The highest BCUT2D eigenvalue weighted by atomic mass is 127. The maximum atomic E-state index is 11.6. The van der Waals surface area contributed by atoms with E-state index >= 15 is 0 Å². The van der Waals surface area contributed by atoms with Crippen molar-refractivity contribution >= 4 is 40.4 Å². The van der Waals surface area contributed by atoms with Crippen molar-refractivity contribution in [2.75, 3.05) is 0 Å². The van der Waals surface area contributed by atoms with Crippen LogP contribution in [0.3, 0.4) is 0 Å². The molecule has 0 radical (unpaired) electrons. The van der Waals surface area contributed by atoms with Gasteiger partial charge in [-0.2, -0.15) is 5.10 Å². The Hall–Kier alpha value is -2.23. The molecule has 1 heterocycles. The van der Waals surface area contributed by atoms with Crippen LogP contribution in [0.1, 0.15) is 11.3 Å². The molecule has 0 aliphatic heterocycles. The highest BCUT2D eigenvalue weighted by Crippen LogP contribution is 2.12. The van der Waals surface area contributed by atoms with Gasteiger partial charge in [0.25, 0.3) is 5.69 Å². The Labute approximate surface area is 133 Å². The average molecular weight is 399 g/mol. The Morgan fingerprint density at radius 2 is 2.05 bits per heavy atom. The number of furan rings is 1. The number of hydrogen-bond acceptors (Lipinski definition) is 5. The number of benzene rings is 1. The number of carbonyl (C=O) groups excluding carboxylic acids is 1. The Balaban J connectivity index is 1.86. The topological polar surface area (TPSA) is 97.7 Å². The summed E-state index contributed by atoms with van der Waals surface area (Å²) in [5, 5.41) is 14.3. The minimum Gasteiger partial charge on any atom is -0.449 e. The first-order valence-electron chi connectivity index (χ1n) is 5.85. The highest BCUT2D eigenvalue weighted by molar-refractivity contribution is 14.1. The van der Waals surface area contributed by atoms with Crippen LogP contribution in [0.4, 0.5) is 5.69 Å². The molecule has 2 rings (SSSR count). The van der Waals surface area contributed by atoms with Gasteiger partial charge in [-0.15, -0.1) is 0 Å². The number of amides is 1. The van der Waals surface area contributed by atoms with Gasteiger partial charge < -0.3 is 4.42 Å². The third kappa shape index (κ3) is 4.67. The van der Waals surface area contributed by atoms with Crippen LogP contribution in [-0.2, 0) is 11.2 Å². The summed E-state index contributed by atoms with van der Waals surface area (Å²) in [7, 11) is 0. The van der Waals surface area contributed by atoms with Gasteiger partial charge >= 0.3 is 0 Å². The van der Waals surface area contributed by atoms with E-state index in [1.54, 1.807) is 12.1 Å². The fraction of sp³-hybridized carbons (Fsp3) is 0.0769. The van der Waals surface area contributed by atoms with Crippen LogP contribution in [0.15, 0.2) is 45.9 Å². The second-order valence-corrected chi connectivity index (χ2v) is 5.10. The lowest BCUT2D eigenvalue weighted by Gasteiger charge is -2.00. The minimum atomic E-state index is -0.487. The molecule has 1 aromatic heterocycles. The van der Waals surface area contributed by atoms with E-state index in [0.717, 1.165) is 3.77 Å². The molecule has 8 heteroatoms. The molecule has 0 aliphatic carbocycles. The molecule has 7 nitrogen and oxygen atoms in total. The molecule has 1 amide bonds. The van der Waals surface area contributed by atoms with Gasteiger partial charge in [-0.1, -0.05) is 12.1 Å². The standard InChI is InChI=1S/C13H10IN3O4/c14-12-6-5-11(21-12)8-15-16-13(18)7-9-1-3-10(4-2-9)17(19)20/h1-6,8H,7H2,(H,16,18)/b15-8-. The number of nitrogens with zero attached hydrogens (tertiary/aromatic N) is 2. The summed E-state index contributed by atoms with van der Waals surface area (Å²) in [6.45, 7) is 0. The van der Waals surface area contributed by atoms with Gasteiger partial charge in [-0.3, -0.25) is 14.9 Å². The quantitative estimate of drug-likeness (QED) is 0.362. The van der Waals surface area contributed by atoms with Crippen molar-refractivity contribution < 1.29 is 14.1 Å². The first-order chi connectivity index (χ1) is 10.0. The summed E-state index contributed by atoms with van der Waals surface area (Å²) >= 11 is 2.02. The van der Waals surface area contributed by atoms with E-state index in [4.69, 9.17) is 4.42 Å². The number of carbonyl (C=O) groups is 1. The number of hydrazone groups is 1. The van der Waals surface area contributed by atoms with E-state index in [9.17, 15) is 14.9 Å². The molecule has 108 valence electrons. The van der Waals surface area contributed by atoms with Gasteiger partial charge in [-0.25, -0.2) is 5.43 Å². The molecule has 2 aromatic rings. The van der Waals surface area contributed by atoms with Crippen LogP contribution in [0.2, 0.25) is 0 Å². The first kappa shape index (κ1) is 15.2. The van der Waals surface area contributed by atoms with Crippen molar-refractivity contribution in [3.63, 3.8) is 0 Å². The molecular formula is C13H10IN3O4. The minimum absolute atomic E-state index is 0.00963. The SMILES string of the molecule is O=C(Cc1ccc([N+](=O)[O-])cc1)N/N=C\c1ccc(I)o1. The van der Waals surface area contributed by atoms with Crippen molar-refractivity contribution in [3.8, 4) is 0 Å². The van der Waals surface area contributed by atoms with Gasteiger partial charge in [0, 0.05) is 12.1 Å². The maximum absolute atomic E-state index is 11.6. The van der Waals surface area contributed by atoms with Gasteiger partial charge in [-0.05, 0) is 40.3 Å². The molecule has 0 fully saturated rings. The molecule has 0 atom stereocenters. The van der Waals surface area contributed by atoms with E-state index in [0.29, 0.717) is 11.3 Å². The molecular weight excluding hydrogens is 389 g/mol. The molecule has 1 aromatic carbocycles. The number of nitro groups is 1. The number of nitro benzene ring substituents is 1. The van der Waals surface area contributed by atoms with Crippen molar-refractivity contribution in [3.05, 3.63) is 61.6 Å². The molecule has 0 aliphatic rings. The van der Waals surface area contributed by atoms with Crippen LogP contribution < -0.4 is 5.43 Å². The lowest BCUT2D eigenvalue weighted by molar-refractivity contribution is -0.384. The average Bonchev–Trinajstić information content (AvgIpc) is 2.85. The molecule has 0 unspecified atom stereocenters. The summed E-state index contributed by atoms with van der Waals surface area (Å²) < 4.78 is 5.97. The Bertz CT molecular complexity index is 679. The second kappa shape index (κ2) is 6.97. The van der Waals surface area contributed by atoms with Gasteiger partial charge in [0.2, 0.25) is 5.91 Å². The molecule has 1 N–H and O–H groups in total. The van der Waals surface area contributed by atoms with E-state index in [1.165, 1.54) is 30.5 Å². The summed E-state index contributed by atoms with van der Waals surface area (Å²) in [5.74, 6) is 0.219. The number of non-ortho nitro benzene ring substituents is 1. The fourth-order valence-corrected chi connectivity index (χ4v) is 1.96. The van der Waals surface area contributed by atoms with E-state index in [-0.39, 0.29) is 18.0 Å². The third-order valence-electron chi connectivity index (χ3n) is 2.49. The van der Waals surface area contributed by atoms with Crippen LogP contribution >= 0.6 is 22.6 Å². The van der Waals surface area contributed by atoms with Crippen molar-refractivity contribution in [1.82, 2.24) is 5.43 Å². The lowest BCUT2D eigenvalue weighted by Crippen LogP contribution is -2.19. The van der Waals surface area contributed by atoms with Gasteiger partial charge in [0.05, 0.1) is 17.6 Å².